The fourth-order valence-electron chi connectivity index (χ4n) is 4.77. The highest BCUT2D eigenvalue weighted by Crippen LogP contribution is 2.41. The topological polar surface area (TPSA) is 53.1 Å². The molecule has 2 aliphatic heterocycles. The molecule has 1 fully saturated rings. The number of carbonyl (C=O) groups excluding carboxylic acids is 2. The van der Waals surface area contributed by atoms with Crippen LogP contribution in [-0.2, 0) is 4.74 Å². The zero-order chi connectivity index (χ0) is 22.8. The lowest BCUT2D eigenvalue weighted by atomic mass is 10.0. The molecule has 6 heteroatoms. The highest BCUT2D eigenvalue weighted by molar-refractivity contribution is 6.22. The van der Waals surface area contributed by atoms with Crippen LogP contribution in [0.25, 0.3) is 11.1 Å². The van der Waals surface area contributed by atoms with Crippen molar-refractivity contribution in [1.29, 1.82) is 0 Å². The number of ether oxygens (including phenoxy) is 1. The second-order valence-electron chi connectivity index (χ2n) is 10.1. The fourth-order valence-corrected chi connectivity index (χ4v) is 4.77. The molecule has 3 aliphatic rings. The van der Waals surface area contributed by atoms with E-state index in [1.54, 1.807) is 4.90 Å². The van der Waals surface area contributed by atoms with Gasteiger partial charge in [0.2, 0.25) is 0 Å². The molecule has 0 spiro atoms. The summed E-state index contributed by atoms with van der Waals surface area (Å²) in [5.74, 6) is 0.384. The lowest BCUT2D eigenvalue weighted by Crippen LogP contribution is -2.36. The van der Waals surface area contributed by atoms with Crippen molar-refractivity contribution < 1.29 is 14.3 Å². The van der Waals surface area contributed by atoms with Crippen LogP contribution in [0.2, 0.25) is 0 Å². The highest BCUT2D eigenvalue weighted by atomic mass is 16.6. The predicted octanol–water partition coefficient (Wildman–Crippen LogP) is 4.53. The molecule has 1 unspecified atom stereocenters. The summed E-state index contributed by atoms with van der Waals surface area (Å²) in [6, 6.07) is 12.2. The lowest BCUT2D eigenvalue weighted by molar-refractivity contribution is 0.0290. The summed E-state index contributed by atoms with van der Waals surface area (Å²) < 4.78 is 5.52. The number of benzene rings is 2. The van der Waals surface area contributed by atoms with Crippen molar-refractivity contribution in [3.8, 4) is 11.1 Å². The van der Waals surface area contributed by atoms with Gasteiger partial charge in [-0.15, -0.1) is 0 Å². The van der Waals surface area contributed by atoms with Crippen molar-refractivity contribution in [1.82, 2.24) is 4.90 Å². The maximum absolute atomic E-state index is 13.1. The number of ketones is 1. The van der Waals surface area contributed by atoms with Crippen molar-refractivity contribution >= 4 is 23.3 Å². The van der Waals surface area contributed by atoms with Crippen LogP contribution in [0.15, 0.2) is 48.2 Å². The number of hydrogen-bond donors (Lipinski definition) is 0. The molecule has 1 aliphatic carbocycles. The van der Waals surface area contributed by atoms with Crippen LogP contribution in [0.1, 0.15) is 36.7 Å². The Morgan fingerprint density at radius 2 is 1.69 bits per heavy atom. The van der Waals surface area contributed by atoms with Crippen molar-refractivity contribution in [2.24, 2.45) is 5.92 Å². The Bertz CT molecular complexity index is 1160. The van der Waals surface area contributed by atoms with Gasteiger partial charge in [-0.25, -0.2) is 4.79 Å². The maximum Gasteiger partial charge on any atom is 0.410 e. The molecule has 1 atom stereocenters. The Morgan fingerprint density at radius 3 is 2.34 bits per heavy atom. The first-order valence-electron chi connectivity index (χ1n) is 11.1. The normalized spacial score (nSPS) is 19.0. The first kappa shape index (κ1) is 20.6. The predicted molar refractivity (Wildman–Crippen MR) is 126 cm³/mol. The number of rotatable bonds is 2. The van der Waals surface area contributed by atoms with Gasteiger partial charge in [0.15, 0.2) is 5.78 Å². The first-order chi connectivity index (χ1) is 15.1. The Hall–Kier alpha value is -3.28. The summed E-state index contributed by atoms with van der Waals surface area (Å²) in [7, 11) is 3.96. The van der Waals surface area contributed by atoms with Gasteiger partial charge >= 0.3 is 6.09 Å². The van der Waals surface area contributed by atoms with E-state index in [0.717, 1.165) is 40.2 Å². The van der Waals surface area contributed by atoms with Crippen LogP contribution in [-0.4, -0.2) is 56.1 Å². The summed E-state index contributed by atoms with van der Waals surface area (Å²) in [6.07, 6.45) is 1.88. The maximum atomic E-state index is 13.1. The van der Waals surface area contributed by atoms with E-state index in [1.807, 2.05) is 58.0 Å². The van der Waals surface area contributed by atoms with Crippen LogP contribution >= 0.6 is 0 Å². The Labute approximate surface area is 189 Å². The molecule has 6 nitrogen and oxygen atoms in total. The van der Waals surface area contributed by atoms with Crippen LogP contribution in [0.3, 0.4) is 0 Å². The summed E-state index contributed by atoms with van der Waals surface area (Å²) >= 11 is 0. The van der Waals surface area contributed by atoms with Gasteiger partial charge in [-0.2, -0.15) is 0 Å². The van der Waals surface area contributed by atoms with Gasteiger partial charge in [-0.05, 0) is 61.7 Å². The summed E-state index contributed by atoms with van der Waals surface area (Å²) in [5, 5.41) is 0. The molecule has 32 heavy (non-hydrogen) atoms. The van der Waals surface area contributed by atoms with E-state index < -0.39 is 5.60 Å². The van der Waals surface area contributed by atoms with E-state index in [0.29, 0.717) is 19.0 Å². The van der Waals surface area contributed by atoms with Gasteiger partial charge in [0, 0.05) is 68.3 Å². The van der Waals surface area contributed by atoms with Gasteiger partial charge in [-0.3, -0.25) is 4.79 Å². The Morgan fingerprint density at radius 1 is 1.00 bits per heavy atom. The lowest BCUT2D eigenvalue weighted by Gasteiger charge is -2.25. The van der Waals surface area contributed by atoms with Gasteiger partial charge in [0.1, 0.15) is 5.60 Å². The minimum Gasteiger partial charge on any atom is -0.444 e. The van der Waals surface area contributed by atoms with Crippen LogP contribution in [0, 0.1) is 5.92 Å². The van der Waals surface area contributed by atoms with Crippen molar-refractivity contribution in [2.45, 2.75) is 26.4 Å². The molecule has 0 saturated carbocycles. The molecule has 5 rings (SSSR count). The van der Waals surface area contributed by atoms with Crippen LogP contribution < -0.4 is 9.80 Å². The number of likely N-dealkylation sites (tertiary alicyclic amines) is 1. The average Bonchev–Trinajstić information content (AvgIpc) is 3.37. The third kappa shape index (κ3) is 3.44. The molecule has 166 valence electrons. The first-order valence-corrected chi connectivity index (χ1v) is 11.1. The van der Waals surface area contributed by atoms with Crippen molar-refractivity contribution in [3.05, 3.63) is 59.3 Å². The molecule has 2 aromatic carbocycles. The summed E-state index contributed by atoms with van der Waals surface area (Å²) in [4.78, 5) is 31.5. The molecule has 0 N–H and O–H groups in total. The number of hydrogen-bond acceptors (Lipinski definition) is 5. The number of anilines is 2. The van der Waals surface area contributed by atoms with Gasteiger partial charge < -0.3 is 19.4 Å². The average molecular weight is 432 g/mol. The Kier molecular flexibility index (Phi) is 4.59. The van der Waals surface area contributed by atoms with Crippen molar-refractivity contribution in [2.75, 3.05) is 43.5 Å². The van der Waals surface area contributed by atoms with Gasteiger partial charge in [0.05, 0.1) is 0 Å². The zero-order valence-electron chi connectivity index (χ0n) is 19.3. The van der Waals surface area contributed by atoms with Gasteiger partial charge in [0.25, 0.3) is 0 Å². The molecular formula is C26H29N3O3. The van der Waals surface area contributed by atoms with E-state index >= 15 is 0 Å². The van der Waals surface area contributed by atoms with Gasteiger partial charge in [-0.1, -0.05) is 12.1 Å². The minimum absolute atomic E-state index is 0.0868. The largest absolute Gasteiger partial charge is 0.444 e. The molecule has 2 aromatic rings. The number of nitrogens with zero attached hydrogens (tertiary/aromatic N) is 3. The third-order valence-electron chi connectivity index (χ3n) is 6.36. The molecule has 1 saturated heterocycles. The highest BCUT2D eigenvalue weighted by Gasteiger charge is 2.38. The summed E-state index contributed by atoms with van der Waals surface area (Å²) in [6.45, 7) is 7.73. The molecular weight excluding hydrogens is 402 g/mol. The molecule has 0 aromatic heterocycles. The third-order valence-corrected chi connectivity index (χ3v) is 6.36. The number of carbonyl (C=O) groups is 2. The minimum atomic E-state index is -0.489. The summed E-state index contributed by atoms with van der Waals surface area (Å²) in [5.41, 5.74) is 6.33. The molecule has 0 radical (unpaired) electrons. The zero-order valence-corrected chi connectivity index (χ0v) is 19.3. The SMILES string of the molecule is CN(C)c1ccc2c(c1)C(=O)c1cc(N3C=C4CN(C(=O)OC(C)(C)C)CC4C3)ccc1-2. The number of fused-ring (bicyclic) bond motifs is 4. The fraction of sp³-hybridized carbons (Fsp3) is 0.385. The van der Waals surface area contributed by atoms with E-state index in [9.17, 15) is 9.59 Å². The quantitative estimate of drug-likeness (QED) is 0.597. The Balaban J connectivity index is 1.35. The van der Waals surface area contributed by atoms with E-state index in [2.05, 4.69) is 29.3 Å². The second-order valence-corrected chi connectivity index (χ2v) is 10.1. The van der Waals surface area contributed by atoms with E-state index in [4.69, 9.17) is 4.74 Å². The van der Waals surface area contributed by atoms with Crippen LogP contribution in [0.5, 0.6) is 0 Å². The van der Waals surface area contributed by atoms with Crippen LogP contribution in [0.4, 0.5) is 16.2 Å². The molecule has 1 amide bonds. The standard InChI is InChI=1S/C26H29N3O3/c1-26(2,3)32-25(31)29-14-16-12-28(13-17(16)15-29)19-7-9-21-20-8-6-18(27(4)5)10-22(20)24(30)23(21)11-19/h6-12,17H,13-15H2,1-5H3. The molecule has 2 heterocycles. The second kappa shape index (κ2) is 7.12. The monoisotopic (exact) mass is 431 g/mol. The molecule has 0 bridgehead atoms. The number of amides is 1. The van der Waals surface area contributed by atoms with Crippen molar-refractivity contribution in [3.63, 3.8) is 0 Å². The van der Waals surface area contributed by atoms with E-state index in [-0.39, 0.29) is 11.9 Å². The van der Waals surface area contributed by atoms with E-state index in [1.165, 1.54) is 5.57 Å². The smallest absolute Gasteiger partial charge is 0.410 e.